The maximum absolute atomic E-state index is 4.57. The fourth-order valence-corrected chi connectivity index (χ4v) is 2.57. The summed E-state index contributed by atoms with van der Waals surface area (Å²) >= 11 is 1.76. The summed E-state index contributed by atoms with van der Waals surface area (Å²) in [7, 11) is 0. The fourth-order valence-electron chi connectivity index (χ4n) is 1.66. The summed E-state index contributed by atoms with van der Waals surface area (Å²) in [6, 6.07) is 2.09. The number of thiophene rings is 1. The molecule has 0 spiro atoms. The third-order valence-electron chi connectivity index (χ3n) is 2.63. The molecule has 2 aromatic heterocycles. The number of rotatable bonds is 3. The van der Waals surface area contributed by atoms with E-state index in [4.69, 9.17) is 0 Å². The number of nitrogens with one attached hydrogen (secondary N) is 1. The van der Waals surface area contributed by atoms with Gasteiger partial charge in [-0.3, -0.25) is 4.98 Å². The first-order valence-electron chi connectivity index (χ1n) is 5.32. The lowest BCUT2D eigenvalue weighted by atomic mass is 10.1. The second-order valence-corrected chi connectivity index (χ2v) is 4.68. The van der Waals surface area contributed by atoms with Crippen molar-refractivity contribution in [1.82, 2.24) is 4.98 Å². The third-order valence-corrected chi connectivity index (χ3v) is 3.55. The summed E-state index contributed by atoms with van der Waals surface area (Å²) < 4.78 is 1.28. The zero-order chi connectivity index (χ0) is 10.8. The van der Waals surface area contributed by atoms with Crippen molar-refractivity contribution in [3.63, 3.8) is 0 Å². The van der Waals surface area contributed by atoms with Gasteiger partial charge in [-0.15, -0.1) is 11.3 Å². The summed E-state index contributed by atoms with van der Waals surface area (Å²) in [5.41, 5.74) is 4.79. The Hall–Kier alpha value is -1.09. The average Bonchev–Trinajstić information content (AvgIpc) is 2.66. The largest absolute Gasteiger partial charge is 0.384 e. The van der Waals surface area contributed by atoms with E-state index in [1.165, 1.54) is 16.0 Å². The molecule has 0 saturated carbocycles. The molecule has 2 nitrogen and oxygen atoms in total. The van der Waals surface area contributed by atoms with Crippen molar-refractivity contribution < 1.29 is 0 Å². The first-order chi connectivity index (χ1) is 7.24. The van der Waals surface area contributed by atoms with E-state index in [1.807, 2.05) is 0 Å². The number of hydrogen-bond acceptors (Lipinski definition) is 3. The van der Waals surface area contributed by atoms with Gasteiger partial charge in [-0.2, -0.15) is 0 Å². The Kier molecular flexibility index (Phi) is 2.91. The molecule has 2 aromatic rings. The topological polar surface area (TPSA) is 24.9 Å². The van der Waals surface area contributed by atoms with E-state index in [2.05, 4.69) is 42.5 Å². The molecule has 0 aromatic carbocycles. The molecule has 3 heteroatoms. The lowest BCUT2D eigenvalue weighted by Crippen LogP contribution is -2.03. The molecule has 0 aliphatic rings. The molecule has 0 fully saturated rings. The van der Waals surface area contributed by atoms with Crippen LogP contribution in [0.4, 0.5) is 5.69 Å². The Labute approximate surface area is 94.3 Å². The summed E-state index contributed by atoms with van der Waals surface area (Å²) in [4.78, 5) is 4.57. The Balaban J connectivity index is 2.56. The quantitative estimate of drug-likeness (QED) is 0.852. The number of anilines is 1. The van der Waals surface area contributed by atoms with Gasteiger partial charge >= 0.3 is 0 Å². The average molecular weight is 220 g/mol. The molecule has 1 N–H and O–H groups in total. The third kappa shape index (κ3) is 1.84. The zero-order valence-corrected chi connectivity index (χ0v) is 10.2. The Morgan fingerprint density at radius 1 is 1.40 bits per heavy atom. The predicted octanol–water partition coefficient (Wildman–Crippen LogP) is 3.74. The molecular weight excluding hydrogens is 204 g/mol. The first kappa shape index (κ1) is 10.4. The molecular formula is C12H16N2S. The summed E-state index contributed by atoms with van der Waals surface area (Å²) in [5, 5.41) is 5.61. The minimum Gasteiger partial charge on any atom is -0.384 e. The summed E-state index contributed by atoms with van der Waals surface area (Å²) in [5.74, 6) is 0. The smallest absolute Gasteiger partial charge is 0.0834 e. The van der Waals surface area contributed by atoms with Crippen LogP contribution in [0.25, 0.3) is 10.2 Å². The lowest BCUT2D eigenvalue weighted by Gasteiger charge is -2.11. The van der Waals surface area contributed by atoms with Crippen LogP contribution < -0.4 is 5.32 Å². The monoisotopic (exact) mass is 220 g/mol. The molecule has 0 unspecified atom stereocenters. The van der Waals surface area contributed by atoms with Gasteiger partial charge < -0.3 is 5.32 Å². The predicted molar refractivity (Wildman–Crippen MR) is 67.9 cm³/mol. The van der Waals surface area contributed by atoms with E-state index in [0.717, 1.165) is 24.2 Å². The Morgan fingerprint density at radius 3 is 2.93 bits per heavy atom. The van der Waals surface area contributed by atoms with E-state index in [-0.39, 0.29) is 0 Å². The van der Waals surface area contributed by atoms with Crippen molar-refractivity contribution in [3.05, 3.63) is 22.7 Å². The van der Waals surface area contributed by atoms with Gasteiger partial charge in [-0.25, -0.2) is 0 Å². The molecule has 2 rings (SSSR count). The number of nitrogens with zero attached hydrogens (tertiary/aromatic N) is 1. The van der Waals surface area contributed by atoms with Crippen molar-refractivity contribution in [1.29, 1.82) is 0 Å². The van der Waals surface area contributed by atoms with Crippen LogP contribution in [-0.4, -0.2) is 11.5 Å². The van der Waals surface area contributed by atoms with Crippen LogP contribution >= 0.6 is 11.3 Å². The highest BCUT2D eigenvalue weighted by atomic mass is 32.1. The van der Waals surface area contributed by atoms with Crippen molar-refractivity contribution in [2.75, 3.05) is 11.9 Å². The molecule has 2 heterocycles. The van der Waals surface area contributed by atoms with Gasteiger partial charge in [0.25, 0.3) is 0 Å². The second kappa shape index (κ2) is 4.19. The highest BCUT2D eigenvalue weighted by molar-refractivity contribution is 7.17. The van der Waals surface area contributed by atoms with Crippen LogP contribution in [0.5, 0.6) is 0 Å². The van der Waals surface area contributed by atoms with Gasteiger partial charge in [0, 0.05) is 12.2 Å². The van der Waals surface area contributed by atoms with E-state index >= 15 is 0 Å². The number of aromatic nitrogens is 1. The van der Waals surface area contributed by atoms with Gasteiger partial charge in [0.15, 0.2) is 0 Å². The van der Waals surface area contributed by atoms with E-state index in [9.17, 15) is 0 Å². The molecule has 0 aliphatic carbocycles. The second-order valence-electron chi connectivity index (χ2n) is 3.76. The maximum Gasteiger partial charge on any atom is 0.0834 e. The fraction of sp³-hybridized carbons (Fsp3) is 0.417. The van der Waals surface area contributed by atoms with Crippen molar-refractivity contribution in [3.8, 4) is 0 Å². The van der Waals surface area contributed by atoms with Crippen LogP contribution in [0.15, 0.2) is 11.4 Å². The normalized spacial score (nSPS) is 10.9. The van der Waals surface area contributed by atoms with Crippen molar-refractivity contribution >= 4 is 27.2 Å². The van der Waals surface area contributed by atoms with Gasteiger partial charge in [-0.05, 0) is 37.3 Å². The molecule has 0 radical (unpaired) electrons. The molecule has 0 bridgehead atoms. The van der Waals surface area contributed by atoms with Gasteiger partial charge in [0.1, 0.15) is 0 Å². The highest BCUT2D eigenvalue weighted by Crippen LogP contribution is 2.31. The molecule has 80 valence electrons. The maximum atomic E-state index is 4.57. The SMILES string of the molecule is CCCNc1c(C)c(C)nc2ccsc12. The molecule has 0 atom stereocenters. The Bertz CT molecular complexity index is 474. The summed E-state index contributed by atoms with van der Waals surface area (Å²) in [6.07, 6.45) is 1.15. The first-order valence-corrected chi connectivity index (χ1v) is 6.20. The highest BCUT2D eigenvalue weighted by Gasteiger charge is 2.09. The molecule has 15 heavy (non-hydrogen) atoms. The van der Waals surface area contributed by atoms with Crippen LogP contribution in [0.3, 0.4) is 0 Å². The minimum absolute atomic E-state index is 1.03. The van der Waals surface area contributed by atoms with Crippen molar-refractivity contribution in [2.45, 2.75) is 27.2 Å². The van der Waals surface area contributed by atoms with Gasteiger partial charge in [0.2, 0.25) is 0 Å². The standard InChI is InChI=1S/C12H16N2S/c1-4-6-13-11-8(2)9(3)14-10-5-7-15-12(10)11/h5,7H,4,6H2,1-3H3,(H,13,14). The molecule has 0 aliphatic heterocycles. The van der Waals surface area contributed by atoms with Crippen LogP contribution in [0, 0.1) is 13.8 Å². The summed E-state index contributed by atoms with van der Waals surface area (Å²) in [6.45, 7) is 7.42. The van der Waals surface area contributed by atoms with Crippen LogP contribution in [0.2, 0.25) is 0 Å². The zero-order valence-electron chi connectivity index (χ0n) is 9.42. The number of hydrogen-bond donors (Lipinski definition) is 1. The van der Waals surface area contributed by atoms with Crippen molar-refractivity contribution in [2.24, 2.45) is 0 Å². The number of fused-ring (bicyclic) bond motifs is 1. The number of pyridine rings is 1. The van der Waals surface area contributed by atoms with Gasteiger partial charge in [0.05, 0.1) is 15.9 Å². The van der Waals surface area contributed by atoms with E-state index in [0.29, 0.717) is 0 Å². The number of aryl methyl sites for hydroxylation is 1. The molecule has 0 saturated heterocycles. The van der Waals surface area contributed by atoms with Gasteiger partial charge in [-0.1, -0.05) is 6.92 Å². The Morgan fingerprint density at radius 2 is 2.20 bits per heavy atom. The van der Waals surface area contributed by atoms with Crippen LogP contribution in [-0.2, 0) is 0 Å². The molecule has 0 amide bonds. The van der Waals surface area contributed by atoms with E-state index < -0.39 is 0 Å². The van der Waals surface area contributed by atoms with Crippen LogP contribution in [0.1, 0.15) is 24.6 Å². The van der Waals surface area contributed by atoms with E-state index in [1.54, 1.807) is 11.3 Å². The minimum atomic E-state index is 1.03. The lowest BCUT2D eigenvalue weighted by molar-refractivity contribution is 0.977.